The first-order valence-electron chi connectivity index (χ1n) is 13.2. The molecule has 0 spiro atoms. The number of nitrogens with one attached hydrogen (secondary N) is 2. The van der Waals surface area contributed by atoms with Crippen molar-refractivity contribution in [3.8, 4) is 0 Å². The quantitative estimate of drug-likeness (QED) is 0.237. The van der Waals surface area contributed by atoms with Crippen molar-refractivity contribution in [3.63, 3.8) is 0 Å². The lowest BCUT2D eigenvalue weighted by molar-refractivity contribution is -0.124. The van der Waals surface area contributed by atoms with Crippen molar-refractivity contribution < 1.29 is 23.5 Å². The van der Waals surface area contributed by atoms with Gasteiger partial charge in [0.15, 0.2) is 5.58 Å². The van der Waals surface area contributed by atoms with Crippen LogP contribution in [0.5, 0.6) is 0 Å². The summed E-state index contributed by atoms with van der Waals surface area (Å²) in [4.78, 5) is 44.0. The normalized spacial score (nSPS) is 13.3. The number of carbonyl (C=O) groups excluding carboxylic acids is 3. The highest BCUT2D eigenvalue weighted by Gasteiger charge is 2.32. The second-order valence-electron chi connectivity index (χ2n) is 9.51. The molecule has 0 saturated carbocycles. The zero-order valence-electron chi connectivity index (χ0n) is 22.1. The molecular formula is C31H33N3O5. The number of Topliss-reactive ketones (excluding diaryl/α,β-unsaturated/α-hetero) is 1. The number of benzene rings is 3. The monoisotopic (exact) mass is 527 g/mol. The molecule has 202 valence electrons. The van der Waals surface area contributed by atoms with Gasteiger partial charge in [-0.1, -0.05) is 93.1 Å². The Bertz CT molecular complexity index is 1350. The minimum atomic E-state index is -0.903. The van der Waals surface area contributed by atoms with E-state index in [0.29, 0.717) is 30.4 Å². The van der Waals surface area contributed by atoms with E-state index in [4.69, 9.17) is 9.15 Å². The van der Waals surface area contributed by atoms with Gasteiger partial charge in [-0.25, -0.2) is 9.78 Å². The van der Waals surface area contributed by atoms with E-state index in [1.807, 2.05) is 80.6 Å². The van der Waals surface area contributed by atoms with Gasteiger partial charge in [0, 0.05) is 0 Å². The van der Waals surface area contributed by atoms with Gasteiger partial charge in [0.05, 0.1) is 6.04 Å². The van der Waals surface area contributed by atoms with E-state index in [-0.39, 0.29) is 18.4 Å². The van der Waals surface area contributed by atoms with Crippen molar-refractivity contribution in [2.75, 3.05) is 0 Å². The van der Waals surface area contributed by atoms with E-state index >= 15 is 0 Å². The van der Waals surface area contributed by atoms with Crippen LogP contribution < -0.4 is 10.6 Å². The fourth-order valence-electron chi connectivity index (χ4n) is 4.21. The summed E-state index contributed by atoms with van der Waals surface area (Å²) in [5.74, 6) is -1.16. The molecule has 2 N–H and O–H groups in total. The Morgan fingerprint density at radius 1 is 0.872 bits per heavy atom. The van der Waals surface area contributed by atoms with Gasteiger partial charge < -0.3 is 19.8 Å². The fraction of sp³-hybridized carbons (Fsp3) is 0.290. The fourth-order valence-corrected chi connectivity index (χ4v) is 4.21. The Morgan fingerprint density at radius 2 is 1.51 bits per heavy atom. The van der Waals surface area contributed by atoms with Gasteiger partial charge in [0.1, 0.15) is 18.2 Å². The van der Waals surface area contributed by atoms with Gasteiger partial charge in [-0.2, -0.15) is 0 Å². The molecule has 1 heterocycles. The van der Waals surface area contributed by atoms with Crippen LogP contribution in [0, 0.1) is 5.92 Å². The molecule has 0 aliphatic heterocycles. The molecule has 0 fully saturated rings. The summed E-state index contributed by atoms with van der Waals surface area (Å²) in [5.41, 5.74) is 2.92. The summed E-state index contributed by atoms with van der Waals surface area (Å²) in [7, 11) is 0. The van der Waals surface area contributed by atoms with Gasteiger partial charge >= 0.3 is 6.09 Å². The third-order valence-electron chi connectivity index (χ3n) is 6.68. The molecular weight excluding hydrogens is 494 g/mol. The van der Waals surface area contributed by atoms with Crippen LogP contribution in [0.4, 0.5) is 4.79 Å². The van der Waals surface area contributed by atoms with Crippen molar-refractivity contribution in [3.05, 3.63) is 102 Å². The molecule has 8 heteroatoms. The predicted molar refractivity (Wildman–Crippen MR) is 148 cm³/mol. The van der Waals surface area contributed by atoms with Gasteiger partial charge in [-0.15, -0.1) is 0 Å². The number of ether oxygens (including phenoxy) is 1. The molecule has 0 bridgehead atoms. The summed E-state index contributed by atoms with van der Waals surface area (Å²) in [6.07, 6.45) is 0.813. The Balaban J connectivity index is 1.49. The molecule has 3 atom stereocenters. The zero-order valence-corrected chi connectivity index (χ0v) is 22.1. The molecule has 3 aromatic carbocycles. The maximum Gasteiger partial charge on any atom is 0.408 e. The minimum Gasteiger partial charge on any atom is -0.445 e. The number of aromatic nitrogens is 1. The molecule has 0 aliphatic carbocycles. The minimum absolute atomic E-state index is 0.0649. The number of oxazole rings is 1. The number of aryl methyl sites for hydroxylation is 1. The van der Waals surface area contributed by atoms with Crippen LogP contribution >= 0.6 is 0 Å². The molecule has 4 aromatic rings. The zero-order chi connectivity index (χ0) is 27.6. The molecule has 0 unspecified atom stereocenters. The number of carbonyl (C=O) groups is 3. The highest BCUT2D eigenvalue weighted by atomic mass is 16.5. The second kappa shape index (κ2) is 13.4. The Kier molecular flexibility index (Phi) is 9.45. The van der Waals surface area contributed by atoms with Crippen molar-refractivity contribution in [1.82, 2.24) is 15.6 Å². The third-order valence-corrected chi connectivity index (χ3v) is 6.68. The van der Waals surface area contributed by atoms with Crippen LogP contribution in [-0.2, 0) is 22.6 Å². The maximum absolute atomic E-state index is 13.5. The number of ketones is 1. The summed E-state index contributed by atoms with van der Waals surface area (Å²) < 4.78 is 11.1. The molecule has 4 rings (SSSR count). The van der Waals surface area contributed by atoms with Crippen LogP contribution in [0.2, 0.25) is 0 Å². The third kappa shape index (κ3) is 7.54. The molecule has 0 saturated heterocycles. The standard InChI is InChI=1S/C31H33N3O5/c1-3-21(2)27(34-31(37)38-20-23-14-8-5-9-15-23)29(36)32-25(19-18-22-12-6-4-7-13-22)28(35)30-33-24-16-10-11-17-26(24)39-30/h4-17,21,25,27H,3,18-20H2,1-2H3,(H,32,36)(H,34,37)/t21-,25+,27+/m1/s1. The Hall–Kier alpha value is -4.46. The molecule has 1 aromatic heterocycles. The molecule has 39 heavy (non-hydrogen) atoms. The molecule has 0 aliphatic rings. The van der Waals surface area contributed by atoms with E-state index in [2.05, 4.69) is 15.6 Å². The van der Waals surface area contributed by atoms with E-state index in [1.165, 1.54) is 0 Å². The summed E-state index contributed by atoms with van der Waals surface area (Å²) in [5, 5.41) is 5.56. The smallest absolute Gasteiger partial charge is 0.408 e. The van der Waals surface area contributed by atoms with Crippen molar-refractivity contribution in [1.29, 1.82) is 0 Å². The van der Waals surface area contributed by atoms with E-state index in [9.17, 15) is 14.4 Å². The number of fused-ring (bicyclic) bond motifs is 1. The first-order chi connectivity index (χ1) is 18.9. The van der Waals surface area contributed by atoms with Crippen LogP contribution in [0.25, 0.3) is 11.1 Å². The lowest BCUT2D eigenvalue weighted by Gasteiger charge is -2.25. The first-order valence-corrected chi connectivity index (χ1v) is 13.2. The summed E-state index contributed by atoms with van der Waals surface area (Å²) in [6, 6.07) is 24.3. The number of nitrogens with zero attached hydrogens (tertiary/aromatic N) is 1. The highest BCUT2D eigenvalue weighted by molar-refractivity contribution is 6.00. The second-order valence-corrected chi connectivity index (χ2v) is 9.51. The van der Waals surface area contributed by atoms with E-state index < -0.39 is 29.9 Å². The topological polar surface area (TPSA) is 111 Å². The van der Waals surface area contributed by atoms with Crippen molar-refractivity contribution in [2.45, 2.75) is 51.8 Å². The number of amides is 2. The molecule has 2 amide bonds. The van der Waals surface area contributed by atoms with E-state index in [0.717, 1.165) is 11.1 Å². The molecule has 0 radical (unpaired) electrons. The number of para-hydroxylation sites is 2. The first kappa shape index (κ1) is 27.6. The van der Waals surface area contributed by atoms with Gasteiger partial charge in [0.2, 0.25) is 11.7 Å². The predicted octanol–water partition coefficient (Wildman–Crippen LogP) is 5.47. The highest BCUT2D eigenvalue weighted by Crippen LogP contribution is 2.18. The average molecular weight is 528 g/mol. The van der Waals surface area contributed by atoms with Crippen molar-refractivity contribution in [2.24, 2.45) is 5.92 Å². The lowest BCUT2D eigenvalue weighted by atomic mass is 9.96. The largest absolute Gasteiger partial charge is 0.445 e. The average Bonchev–Trinajstić information content (AvgIpc) is 3.41. The van der Waals surface area contributed by atoms with Gasteiger partial charge in [-0.05, 0) is 42.0 Å². The SMILES string of the molecule is CC[C@@H](C)[C@H](NC(=O)OCc1ccccc1)C(=O)N[C@@H](CCc1ccccc1)C(=O)c1nc2ccccc2o1. The van der Waals surface area contributed by atoms with Crippen LogP contribution in [0.3, 0.4) is 0 Å². The maximum atomic E-state index is 13.5. The van der Waals surface area contributed by atoms with Crippen LogP contribution in [0.1, 0.15) is 48.5 Å². The molecule has 8 nitrogen and oxygen atoms in total. The Morgan fingerprint density at radius 3 is 2.18 bits per heavy atom. The van der Waals surface area contributed by atoms with Gasteiger partial charge in [0.25, 0.3) is 5.89 Å². The van der Waals surface area contributed by atoms with Gasteiger partial charge in [-0.3, -0.25) is 9.59 Å². The van der Waals surface area contributed by atoms with Crippen molar-refractivity contribution >= 4 is 28.9 Å². The number of alkyl carbamates (subject to hydrolysis) is 1. The van der Waals surface area contributed by atoms with Crippen LogP contribution in [-0.4, -0.2) is 34.9 Å². The summed E-state index contributed by atoms with van der Waals surface area (Å²) in [6.45, 7) is 3.87. The number of hydrogen-bond donors (Lipinski definition) is 2. The summed E-state index contributed by atoms with van der Waals surface area (Å²) >= 11 is 0. The number of hydrogen-bond acceptors (Lipinski definition) is 6. The Labute approximate surface area is 227 Å². The lowest BCUT2D eigenvalue weighted by Crippen LogP contribution is -2.54. The van der Waals surface area contributed by atoms with Crippen LogP contribution in [0.15, 0.2) is 89.3 Å². The number of rotatable bonds is 12. The van der Waals surface area contributed by atoms with E-state index in [1.54, 1.807) is 18.2 Å².